The van der Waals surface area contributed by atoms with Crippen LogP contribution in [0.25, 0.3) is 0 Å². The van der Waals surface area contributed by atoms with E-state index in [9.17, 15) is 13.2 Å². The molecule has 0 aliphatic rings. The minimum atomic E-state index is -3.80. The first-order chi connectivity index (χ1) is 14.8. The summed E-state index contributed by atoms with van der Waals surface area (Å²) in [6.45, 7) is 4.48. The zero-order valence-electron chi connectivity index (χ0n) is 17.8. The number of nitrogens with zero attached hydrogens (tertiary/aromatic N) is 1. The van der Waals surface area contributed by atoms with E-state index in [1.807, 2.05) is 38.1 Å². The zero-order valence-corrected chi connectivity index (χ0v) is 18.6. The van der Waals surface area contributed by atoms with Crippen molar-refractivity contribution in [2.45, 2.75) is 18.7 Å². The van der Waals surface area contributed by atoms with Gasteiger partial charge in [0.25, 0.3) is 15.9 Å². The third kappa shape index (κ3) is 5.44. The fraction of sp³-hybridized carbons (Fsp3) is 0.208. The summed E-state index contributed by atoms with van der Waals surface area (Å²) in [5, 5.41) is 2.79. The monoisotopic (exact) mass is 438 g/mol. The number of sulfonamides is 1. The van der Waals surface area contributed by atoms with Gasteiger partial charge in [0.1, 0.15) is 12.4 Å². The van der Waals surface area contributed by atoms with Crippen LogP contribution in [0.4, 0.5) is 5.69 Å². The Morgan fingerprint density at radius 1 is 0.903 bits per heavy atom. The molecule has 0 fully saturated rings. The molecule has 162 valence electrons. The Labute approximate surface area is 183 Å². The molecule has 0 unspecified atom stereocenters. The van der Waals surface area contributed by atoms with Crippen molar-refractivity contribution in [2.24, 2.45) is 0 Å². The summed E-state index contributed by atoms with van der Waals surface area (Å²) in [6, 6.07) is 20.9. The molecule has 0 saturated carbocycles. The summed E-state index contributed by atoms with van der Waals surface area (Å²) >= 11 is 0. The number of para-hydroxylation sites is 1. The molecule has 3 rings (SSSR count). The first-order valence-corrected chi connectivity index (χ1v) is 11.4. The van der Waals surface area contributed by atoms with Crippen LogP contribution in [0.2, 0.25) is 0 Å². The minimum Gasteiger partial charge on any atom is -0.492 e. The molecular formula is C24H26N2O4S. The first kappa shape index (κ1) is 22.4. The maximum absolute atomic E-state index is 13.0. The molecule has 0 spiro atoms. The van der Waals surface area contributed by atoms with E-state index < -0.39 is 10.0 Å². The van der Waals surface area contributed by atoms with Gasteiger partial charge in [0, 0.05) is 7.05 Å². The summed E-state index contributed by atoms with van der Waals surface area (Å²) in [5.41, 5.74) is 2.69. The van der Waals surface area contributed by atoms with Crippen LogP contribution in [0.5, 0.6) is 5.75 Å². The molecule has 3 aromatic carbocycles. The van der Waals surface area contributed by atoms with Crippen LogP contribution in [0, 0.1) is 13.8 Å². The number of hydrogen-bond acceptors (Lipinski definition) is 4. The number of benzene rings is 3. The highest BCUT2D eigenvalue weighted by Crippen LogP contribution is 2.26. The molecule has 0 saturated heterocycles. The number of carbonyl (C=O) groups is 1. The third-order valence-corrected chi connectivity index (χ3v) is 6.63. The normalized spacial score (nSPS) is 11.1. The lowest BCUT2D eigenvalue weighted by Gasteiger charge is -2.22. The smallest absolute Gasteiger partial charge is 0.264 e. The fourth-order valence-corrected chi connectivity index (χ4v) is 4.22. The predicted octanol–water partition coefficient (Wildman–Crippen LogP) is 3.94. The predicted molar refractivity (Wildman–Crippen MR) is 122 cm³/mol. The molecule has 0 atom stereocenters. The highest BCUT2D eigenvalue weighted by Gasteiger charge is 2.24. The van der Waals surface area contributed by atoms with Crippen molar-refractivity contribution in [2.75, 3.05) is 24.5 Å². The van der Waals surface area contributed by atoms with Crippen LogP contribution in [-0.2, 0) is 10.0 Å². The fourth-order valence-electron chi connectivity index (χ4n) is 3.00. The van der Waals surface area contributed by atoms with Gasteiger partial charge in [-0.3, -0.25) is 9.10 Å². The number of rotatable bonds is 8. The lowest BCUT2D eigenvalue weighted by Crippen LogP contribution is -2.32. The summed E-state index contributed by atoms with van der Waals surface area (Å²) < 4.78 is 32.8. The number of hydrogen-bond donors (Lipinski definition) is 1. The van der Waals surface area contributed by atoms with Crippen molar-refractivity contribution in [3.8, 4) is 5.75 Å². The SMILES string of the molecule is Cc1ccc(OCCNC(=O)c2ccccc2N(C)S(=O)(=O)c2ccc(C)cc2)cc1. The highest BCUT2D eigenvalue weighted by molar-refractivity contribution is 7.92. The van der Waals surface area contributed by atoms with Gasteiger partial charge < -0.3 is 10.1 Å². The number of aryl methyl sites for hydroxylation is 2. The van der Waals surface area contributed by atoms with Gasteiger partial charge in [-0.05, 0) is 50.2 Å². The molecule has 0 aliphatic heterocycles. The van der Waals surface area contributed by atoms with E-state index in [1.165, 1.54) is 7.05 Å². The molecule has 6 nitrogen and oxygen atoms in total. The van der Waals surface area contributed by atoms with Crippen LogP contribution in [0.1, 0.15) is 21.5 Å². The standard InChI is InChI=1S/C24H26N2O4S/c1-18-8-12-20(13-9-18)30-17-16-25-24(27)22-6-4-5-7-23(22)26(3)31(28,29)21-14-10-19(2)11-15-21/h4-15H,16-17H2,1-3H3,(H,25,27). The van der Waals surface area contributed by atoms with Crippen molar-refractivity contribution < 1.29 is 17.9 Å². The lowest BCUT2D eigenvalue weighted by atomic mass is 10.1. The van der Waals surface area contributed by atoms with Crippen molar-refractivity contribution in [3.05, 3.63) is 89.5 Å². The number of amides is 1. The second-order valence-electron chi connectivity index (χ2n) is 7.22. The maximum atomic E-state index is 13.0. The van der Waals surface area contributed by atoms with Crippen molar-refractivity contribution in [1.82, 2.24) is 5.32 Å². The molecule has 31 heavy (non-hydrogen) atoms. The highest BCUT2D eigenvalue weighted by atomic mass is 32.2. The van der Waals surface area contributed by atoms with Gasteiger partial charge in [-0.2, -0.15) is 0 Å². The maximum Gasteiger partial charge on any atom is 0.264 e. The zero-order chi connectivity index (χ0) is 22.4. The van der Waals surface area contributed by atoms with Crippen LogP contribution in [-0.4, -0.2) is 34.5 Å². The van der Waals surface area contributed by atoms with Crippen molar-refractivity contribution >= 4 is 21.6 Å². The molecular weight excluding hydrogens is 412 g/mol. The summed E-state index contributed by atoms with van der Waals surface area (Å²) in [5.74, 6) is 0.359. The minimum absolute atomic E-state index is 0.169. The molecule has 3 aromatic rings. The third-order valence-electron chi connectivity index (χ3n) is 4.84. The quantitative estimate of drug-likeness (QED) is 0.541. The largest absolute Gasteiger partial charge is 0.492 e. The number of anilines is 1. The Hall–Kier alpha value is -3.32. The Balaban J connectivity index is 1.69. The molecule has 7 heteroatoms. The van der Waals surface area contributed by atoms with Gasteiger partial charge >= 0.3 is 0 Å². The van der Waals surface area contributed by atoms with Crippen molar-refractivity contribution in [1.29, 1.82) is 0 Å². The summed E-state index contributed by atoms with van der Waals surface area (Å²) in [6.07, 6.45) is 0. The van der Waals surface area contributed by atoms with E-state index in [0.29, 0.717) is 12.3 Å². The summed E-state index contributed by atoms with van der Waals surface area (Å²) in [7, 11) is -2.35. The number of nitrogens with one attached hydrogen (secondary N) is 1. The van der Waals surface area contributed by atoms with Gasteiger partial charge in [0.2, 0.25) is 0 Å². The van der Waals surface area contributed by atoms with E-state index in [2.05, 4.69) is 5.32 Å². The Bertz CT molecular complexity index is 1140. The van der Waals surface area contributed by atoms with Gasteiger partial charge in [0.15, 0.2) is 0 Å². The van der Waals surface area contributed by atoms with Crippen molar-refractivity contribution in [3.63, 3.8) is 0 Å². The first-order valence-electron chi connectivity index (χ1n) is 9.91. The number of ether oxygens (including phenoxy) is 1. The van der Waals surface area contributed by atoms with Gasteiger partial charge in [-0.1, -0.05) is 47.5 Å². The second kappa shape index (κ2) is 9.66. The second-order valence-corrected chi connectivity index (χ2v) is 9.19. The lowest BCUT2D eigenvalue weighted by molar-refractivity contribution is 0.0947. The van der Waals surface area contributed by atoms with E-state index in [4.69, 9.17) is 4.74 Å². The van der Waals surface area contributed by atoms with E-state index in [0.717, 1.165) is 21.2 Å². The molecule has 0 aromatic heterocycles. The van der Waals surface area contributed by atoms with Crippen LogP contribution < -0.4 is 14.4 Å². The summed E-state index contributed by atoms with van der Waals surface area (Å²) in [4.78, 5) is 12.9. The van der Waals surface area contributed by atoms with Gasteiger partial charge in [0.05, 0.1) is 22.7 Å². The van der Waals surface area contributed by atoms with E-state index >= 15 is 0 Å². The Morgan fingerprint density at radius 3 is 2.13 bits per heavy atom. The van der Waals surface area contributed by atoms with Crippen LogP contribution in [0.3, 0.4) is 0 Å². The average Bonchev–Trinajstić information content (AvgIpc) is 2.77. The molecule has 0 radical (unpaired) electrons. The van der Waals surface area contributed by atoms with Crippen LogP contribution >= 0.6 is 0 Å². The van der Waals surface area contributed by atoms with Gasteiger partial charge in [-0.15, -0.1) is 0 Å². The molecule has 1 amide bonds. The average molecular weight is 439 g/mol. The number of carbonyl (C=O) groups excluding carboxylic acids is 1. The Kier molecular flexibility index (Phi) is 6.97. The van der Waals surface area contributed by atoms with E-state index in [1.54, 1.807) is 48.5 Å². The molecule has 0 bridgehead atoms. The Morgan fingerprint density at radius 2 is 1.48 bits per heavy atom. The molecule has 0 aliphatic carbocycles. The molecule has 1 N–H and O–H groups in total. The topological polar surface area (TPSA) is 75.7 Å². The van der Waals surface area contributed by atoms with Crippen LogP contribution in [0.15, 0.2) is 77.7 Å². The van der Waals surface area contributed by atoms with Gasteiger partial charge in [-0.25, -0.2) is 8.42 Å². The molecule has 0 heterocycles. The van der Waals surface area contributed by atoms with E-state index in [-0.39, 0.29) is 22.9 Å².